The van der Waals surface area contributed by atoms with Crippen molar-refractivity contribution >= 4 is 0 Å². The molecule has 0 saturated carbocycles. The number of hydrogen-bond donors (Lipinski definition) is 1. The molecule has 0 radical (unpaired) electrons. The fourth-order valence-corrected chi connectivity index (χ4v) is 2.96. The number of hydrogen-bond acceptors (Lipinski definition) is 2. The standard InChI is InChI=1S/C17H19NO/c19-16-9-4-6-14(12-16)13-18-11-5-10-17(18)15-7-2-1-3-8-15/h1-4,6-9,12,17,19H,5,10-11,13H2. The van der Waals surface area contributed by atoms with E-state index in [1.54, 1.807) is 6.07 Å². The van der Waals surface area contributed by atoms with Crippen molar-refractivity contribution in [2.45, 2.75) is 25.4 Å². The van der Waals surface area contributed by atoms with E-state index >= 15 is 0 Å². The van der Waals surface area contributed by atoms with Crippen LogP contribution in [0.1, 0.15) is 30.0 Å². The lowest BCUT2D eigenvalue weighted by atomic mass is 10.0. The second kappa shape index (κ2) is 5.45. The maximum absolute atomic E-state index is 9.55. The lowest BCUT2D eigenvalue weighted by Crippen LogP contribution is -2.22. The van der Waals surface area contributed by atoms with E-state index in [0.29, 0.717) is 11.8 Å². The number of nitrogens with zero attached hydrogens (tertiary/aromatic N) is 1. The number of rotatable bonds is 3. The van der Waals surface area contributed by atoms with E-state index in [2.05, 4.69) is 41.3 Å². The molecule has 1 aliphatic rings. The number of aromatic hydroxyl groups is 1. The predicted molar refractivity (Wildman–Crippen MR) is 76.9 cm³/mol. The van der Waals surface area contributed by atoms with Gasteiger partial charge in [-0.05, 0) is 42.6 Å². The molecule has 0 amide bonds. The van der Waals surface area contributed by atoms with Crippen LogP contribution >= 0.6 is 0 Å². The summed E-state index contributed by atoms with van der Waals surface area (Å²) in [6, 6.07) is 18.8. The second-order valence-electron chi connectivity index (χ2n) is 5.21. The molecular formula is C17H19NO. The quantitative estimate of drug-likeness (QED) is 0.901. The summed E-state index contributed by atoms with van der Waals surface area (Å²) in [4.78, 5) is 2.50. The van der Waals surface area contributed by atoms with Crippen molar-refractivity contribution in [1.29, 1.82) is 0 Å². The third-order valence-corrected chi connectivity index (χ3v) is 3.84. The van der Waals surface area contributed by atoms with Gasteiger partial charge in [-0.25, -0.2) is 0 Å². The molecule has 0 spiro atoms. The smallest absolute Gasteiger partial charge is 0.115 e. The molecule has 3 rings (SSSR count). The van der Waals surface area contributed by atoms with E-state index in [0.717, 1.165) is 13.1 Å². The molecule has 2 nitrogen and oxygen atoms in total. The van der Waals surface area contributed by atoms with Crippen LogP contribution in [0.15, 0.2) is 54.6 Å². The lowest BCUT2D eigenvalue weighted by molar-refractivity contribution is 0.248. The molecule has 0 bridgehead atoms. The van der Waals surface area contributed by atoms with Gasteiger partial charge in [-0.3, -0.25) is 4.90 Å². The Kier molecular flexibility index (Phi) is 3.51. The van der Waals surface area contributed by atoms with Crippen molar-refractivity contribution in [3.8, 4) is 5.75 Å². The van der Waals surface area contributed by atoms with Gasteiger partial charge >= 0.3 is 0 Å². The third kappa shape index (κ3) is 2.79. The number of phenolic OH excluding ortho intramolecular Hbond substituents is 1. The van der Waals surface area contributed by atoms with E-state index in [9.17, 15) is 5.11 Å². The van der Waals surface area contributed by atoms with Crippen molar-refractivity contribution in [2.24, 2.45) is 0 Å². The molecule has 1 heterocycles. The molecule has 98 valence electrons. The first-order valence-electron chi connectivity index (χ1n) is 6.90. The van der Waals surface area contributed by atoms with Crippen molar-refractivity contribution in [3.05, 3.63) is 65.7 Å². The fourth-order valence-electron chi connectivity index (χ4n) is 2.96. The van der Waals surface area contributed by atoms with Gasteiger partial charge in [0.05, 0.1) is 0 Å². The monoisotopic (exact) mass is 253 g/mol. The second-order valence-corrected chi connectivity index (χ2v) is 5.21. The lowest BCUT2D eigenvalue weighted by Gasteiger charge is -2.25. The molecule has 0 aliphatic carbocycles. The SMILES string of the molecule is Oc1cccc(CN2CCCC2c2ccccc2)c1. The Hall–Kier alpha value is -1.80. The Balaban J connectivity index is 1.77. The highest BCUT2D eigenvalue weighted by atomic mass is 16.3. The topological polar surface area (TPSA) is 23.5 Å². The molecule has 1 saturated heterocycles. The van der Waals surface area contributed by atoms with Gasteiger partial charge < -0.3 is 5.11 Å². The summed E-state index contributed by atoms with van der Waals surface area (Å²) in [5.41, 5.74) is 2.59. The highest BCUT2D eigenvalue weighted by Crippen LogP contribution is 2.33. The van der Waals surface area contributed by atoms with Gasteiger partial charge in [-0.15, -0.1) is 0 Å². The van der Waals surface area contributed by atoms with Gasteiger partial charge in [0.15, 0.2) is 0 Å². The summed E-state index contributed by atoms with van der Waals surface area (Å²) in [7, 11) is 0. The van der Waals surface area contributed by atoms with Crippen molar-refractivity contribution in [3.63, 3.8) is 0 Å². The molecule has 1 aliphatic heterocycles. The Labute approximate surface area is 114 Å². The van der Waals surface area contributed by atoms with E-state index in [-0.39, 0.29) is 0 Å². The first kappa shape index (κ1) is 12.2. The molecule has 2 aromatic rings. The van der Waals surface area contributed by atoms with Crippen LogP contribution in [0.2, 0.25) is 0 Å². The average Bonchev–Trinajstić information content (AvgIpc) is 2.88. The molecule has 2 heteroatoms. The Morgan fingerprint density at radius 2 is 1.89 bits per heavy atom. The summed E-state index contributed by atoms with van der Waals surface area (Å²) in [6.07, 6.45) is 2.47. The van der Waals surface area contributed by atoms with Gasteiger partial charge in [0.1, 0.15) is 5.75 Å². The van der Waals surface area contributed by atoms with Crippen molar-refractivity contribution in [1.82, 2.24) is 4.90 Å². The average molecular weight is 253 g/mol. The molecule has 1 unspecified atom stereocenters. The van der Waals surface area contributed by atoms with Crippen LogP contribution in [0.4, 0.5) is 0 Å². The van der Waals surface area contributed by atoms with E-state index in [1.165, 1.54) is 24.0 Å². The van der Waals surface area contributed by atoms with E-state index < -0.39 is 0 Å². The van der Waals surface area contributed by atoms with Crippen LogP contribution in [0.5, 0.6) is 5.75 Å². The summed E-state index contributed by atoms with van der Waals surface area (Å²) < 4.78 is 0. The zero-order chi connectivity index (χ0) is 13.1. The van der Waals surface area contributed by atoms with E-state index in [1.807, 2.05) is 12.1 Å². The van der Waals surface area contributed by atoms with Crippen molar-refractivity contribution in [2.75, 3.05) is 6.54 Å². The number of likely N-dealkylation sites (tertiary alicyclic amines) is 1. The molecule has 2 aromatic carbocycles. The highest BCUT2D eigenvalue weighted by molar-refractivity contribution is 5.27. The van der Waals surface area contributed by atoms with Crippen LogP contribution in [-0.4, -0.2) is 16.6 Å². The van der Waals surface area contributed by atoms with Crippen molar-refractivity contribution < 1.29 is 5.11 Å². The Morgan fingerprint density at radius 3 is 2.68 bits per heavy atom. The first-order valence-corrected chi connectivity index (χ1v) is 6.90. The summed E-state index contributed by atoms with van der Waals surface area (Å²) in [5.74, 6) is 0.355. The predicted octanol–water partition coefficient (Wildman–Crippen LogP) is 3.73. The van der Waals surface area contributed by atoms with Gasteiger partial charge in [-0.2, -0.15) is 0 Å². The van der Waals surface area contributed by atoms with E-state index in [4.69, 9.17) is 0 Å². The van der Waals surface area contributed by atoms with Gasteiger partial charge in [0, 0.05) is 12.6 Å². The Morgan fingerprint density at radius 1 is 1.05 bits per heavy atom. The zero-order valence-electron chi connectivity index (χ0n) is 11.0. The number of phenols is 1. The number of benzene rings is 2. The summed E-state index contributed by atoms with van der Waals surface area (Å²) in [5, 5.41) is 9.55. The largest absolute Gasteiger partial charge is 0.508 e. The third-order valence-electron chi connectivity index (χ3n) is 3.84. The molecule has 19 heavy (non-hydrogen) atoms. The van der Waals surface area contributed by atoms with Crippen LogP contribution in [0, 0.1) is 0 Å². The van der Waals surface area contributed by atoms with Crippen LogP contribution in [0.25, 0.3) is 0 Å². The van der Waals surface area contributed by atoms with Crippen LogP contribution in [-0.2, 0) is 6.54 Å². The molecule has 0 aromatic heterocycles. The summed E-state index contributed by atoms with van der Waals surface area (Å²) in [6.45, 7) is 2.04. The normalized spacial score (nSPS) is 19.7. The van der Waals surface area contributed by atoms with Crippen LogP contribution in [0.3, 0.4) is 0 Å². The maximum Gasteiger partial charge on any atom is 0.115 e. The molecule has 1 N–H and O–H groups in total. The zero-order valence-corrected chi connectivity index (χ0v) is 11.0. The molecular weight excluding hydrogens is 234 g/mol. The maximum atomic E-state index is 9.55. The van der Waals surface area contributed by atoms with Crippen LogP contribution < -0.4 is 0 Å². The fraction of sp³-hybridized carbons (Fsp3) is 0.294. The highest BCUT2D eigenvalue weighted by Gasteiger charge is 2.25. The summed E-state index contributed by atoms with van der Waals surface area (Å²) >= 11 is 0. The minimum atomic E-state index is 0.355. The first-order chi connectivity index (χ1) is 9.33. The van der Waals surface area contributed by atoms with Gasteiger partial charge in [-0.1, -0.05) is 42.5 Å². The Bertz CT molecular complexity index is 538. The minimum absolute atomic E-state index is 0.355. The molecule has 1 fully saturated rings. The molecule has 1 atom stereocenters. The van der Waals surface area contributed by atoms with Gasteiger partial charge in [0.25, 0.3) is 0 Å². The van der Waals surface area contributed by atoms with Gasteiger partial charge in [0.2, 0.25) is 0 Å². The minimum Gasteiger partial charge on any atom is -0.508 e.